The van der Waals surface area contributed by atoms with Crippen LogP contribution in [0.25, 0.3) is 0 Å². The highest BCUT2D eigenvalue weighted by atomic mass is 16.5. The molecule has 2 atom stereocenters. The molecule has 0 aromatic heterocycles. The van der Waals surface area contributed by atoms with E-state index in [4.69, 9.17) is 9.47 Å². The van der Waals surface area contributed by atoms with E-state index in [9.17, 15) is 4.79 Å². The van der Waals surface area contributed by atoms with Gasteiger partial charge in [-0.25, -0.2) is 0 Å². The first-order chi connectivity index (χ1) is 9.10. The smallest absolute Gasteiger partial charge is 0.323 e. The Morgan fingerprint density at radius 1 is 1.42 bits per heavy atom. The summed E-state index contributed by atoms with van der Waals surface area (Å²) >= 11 is 0. The third kappa shape index (κ3) is 3.47. The molecule has 1 heterocycles. The van der Waals surface area contributed by atoms with Gasteiger partial charge >= 0.3 is 5.97 Å². The Morgan fingerprint density at radius 3 is 2.89 bits per heavy atom. The summed E-state index contributed by atoms with van der Waals surface area (Å²) in [6.45, 7) is 4.98. The molecule has 1 fully saturated rings. The van der Waals surface area contributed by atoms with E-state index in [1.165, 1.54) is 12.7 Å². The number of carbonyl (C=O) groups excluding carboxylic acids is 1. The monoisotopic (exact) mass is 263 g/mol. The second-order valence-corrected chi connectivity index (χ2v) is 5.19. The Hall–Kier alpha value is -1.55. The highest BCUT2D eigenvalue weighted by Gasteiger charge is 2.31. The van der Waals surface area contributed by atoms with Crippen LogP contribution < -0.4 is 10.1 Å². The predicted molar refractivity (Wildman–Crippen MR) is 73.4 cm³/mol. The number of methoxy groups -OCH3 is 1. The summed E-state index contributed by atoms with van der Waals surface area (Å²) in [5, 5.41) is 3.12. The summed E-state index contributed by atoms with van der Waals surface area (Å²) < 4.78 is 10.6. The van der Waals surface area contributed by atoms with Crippen LogP contribution in [0, 0.1) is 0 Å². The topological polar surface area (TPSA) is 47.6 Å². The predicted octanol–water partition coefficient (Wildman–Crippen LogP) is 2.09. The van der Waals surface area contributed by atoms with Crippen molar-refractivity contribution in [1.82, 2.24) is 5.32 Å². The largest absolute Gasteiger partial charge is 0.489 e. The van der Waals surface area contributed by atoms with Crippen molar-refractivity contribution in [1.29, 1.82) is 0 Å². The van der Waals surface area contributed by atoms with Gasteiger partial charge in [0.25, 0.3) is 0 Å². The van der Waals surface area contributed by atoms with Gasteiger partial charge in [0.2, 0.25) is 0 Å². The van der Waals surface area contributed by atoms with Crippen LogP contribution in [0.1, 0.15) is 31.7 Å². The van der Waals surface area contributed by atoms with E-state index in [0.29, 0.717) is 18.9 Å². The number of esters is 1. The van der Waals surface area contributed by atoms with Gasteiger partial charge < -0.3 is 14.8 Å². The Labute approximate surface area is 114 Å². The zero-order valence-corrected chi connectivity index (χ0v) is 11.7. The molecule has 4 heteroatoms. The van der Waals surface area contributed by atoms with Crippen molar-refractivity contribution in [2.75, 3.05) is 13.7 Å². The van der Waals surface area contributed by atoms with Crippen LogP contribution in [0.5, 0.6) is 5.75 Å². The highest BCUT2D eigenvalue weighted by Crippen LogP contribution is 2.23. The van der Waals surface area contributed by atoms with Gasteiger partial charge in [-0.3, -0.25) is 4.79 Å². The van der Waals surface area contributed by atoms with Crippen molar-refractivity contribution in [3.05, 3.63) is 29.8 Å². The zero-order chi connectivity index (χ0) is 13.8. The summed E-state index contributed by atoms with van der Waals surface area (Å²) in [6.07, 6.45) is 0.671. The van der Waals surface area contributed by atoms with Crippen molar-refractivity contribution in [3.63, 3.8) is 0 Å². The van der Waals surface area contributed by atoms with Gasteiger partial charge in [0, 0.05) is 13.0 Å². The molecule has 1 aliphatic heterocycles. The molecule has 1 aliphatic rings. The van der Waals surface area contributed by atoms with E-state index in [1.807, 2.05) is 12.1 Å². The van der Waals surface area contributed by atoms with Gasteiger partial charge in [-0.1, -0.05) is 26.0 Å². The number of nitrogens with one attached hydrogen (secondary N) is 1. The lowest BCUT2D eigenvalue weighted by Crippen LogP contribution is -2.31. The Balaban J connectivity index is 1.95. The molecule has 1 aromatic rings. The summed E-state index contributed by atoms with van der Waals surface area (Å²) in [4.78, 5) is 11.4. The minimum absolute atomic E-state index is 0.0199. The second-order valence-electron chi connectivity index (χ2n) is 5.19. The Bertz CT molecular complexity index is 445. The fraction of sp³-hybridized carbons (Fsp3) is 0.533. The van der Waals surface area contributed by atoms with Crippen LogP contribution >= 0.6 is 0 Å². The fourth-order valence-corrected chi connectivity index (χ4v) is 2.25. The SMILES string of the molecule is COC(=O)[C@@H]1C[C@H](Oc2cccc(C(C)C)c2)CN1. The molecule has 19 heavy (non-hydrogen) atoms. The summed E-state index contributed by atoms with van der Waals surface area (Å²) in [6, 6.07) is 7.88. The number of carbonyl (C=O) groups is 1. The molecule has 1 aromatic carbocycles. The number of rotatable bonds is 4. The number of ether oxygens (including phenoxy) is 2. The molecular formula is C15H21NO3. The van der Waals surface area contributed by atoms with E-state index in [2.05, 4.69) is 31.3 Å². The normalized spacial score (nSPS) is 22.5. The van der Waals surface area contributed by atoms with E-state index >= 15 is 0 Å². The maximum absolute atomic E-state index is 11.4. The molecule has 1 saturated heterocycles. The van der Waals surface area contributed by atoms with Gasteiger partial charge in [-0.15, -0.1) is 0 Å². The van der Waals surface area contributed by atoms with Crippen molar-refractivity contribution >= 4 is 5.97 Å². The minimum atomic E-state index is -0.247. The van der Waals surface area contributed by atoms with Crippen LogP contribution in [0.3, 0.4) is 0 Å². The average molecular weight is 263 g/mol. The average Bonchev–Trinajstić information content (AvgIpc) is 2.86. The van der Waals surface area contributed by atoms with E-state index in [-0.39, 0.29) is 18.1 Å². The quantitative estimate of drug-likeness (QED) is 0.845. The van der Waals surface area contributed by atoms with Gasteiger partial charge in [0.05, 0.1) is 7.11 Å². The summed E-state index contributed by atoms with van der Waals surface area (Å²) in [5.41, 5.74) is 1.26. The van der Waals surface area contributed by atoms with Crippen LogP contribution in [0.2, 0.25) is 0 Å². The van der Waals surface area contributed by atoms with Crippen LogP contribution in [0.4, 0.5) is 0 Å². The third-order valence-corrected chi connectivity index (χ3v) is 3.40. The van der Waals surface area contributed by atoms with Crippen molar-refractivity contribution in [2.45, 2.75) is 38.3 Å². The van der Waals surface area contributed by atoms with Crippen molar-refractivity contribution in [2.24, 2.45) is 0 Å². The molecule has 0 unspecified atom stereocenters. The minimum Gasteiger partial charge on any atom is -0.489 e. The van der Waals surface area contributed by atoms with Gasteiger partial charge in [-0.2, -0.15) is 0 Å². The lowest BCUT2D eigenvalue weighted by atomic mass is 10.0. The third-order valence-electron chi connectivity index (χ3n) is 3.40. The maximum Gasteiger partial charge on any atom is 0.323 e. The number of benzene rings is 1. The molecule has 2 rings (SSSR count). The first kappa shape index (κ1) is 13.9. The van der Waals surface area contributed by atoms with E-state index < -0.39 is 0 Å². The standard InChI is InChI=1S/C15H21NO3/c1-10(2)11-5-4-6-12(7-11)19-13-8-14(16-9-13)15(17)18-3/h4-7,10,13-14,16H,8-9H2,1-3H3/t13-,14-/m0/s1. The highest BCUT2D eigenvalue weighted by molar-refractivity contribution is 5.76. The second kappa shape index (κ2) is 6.06. The molecule has 1 N–H and O–H groups in total. The first-order valence-corrected chi connectivity index (χ1v) is 6.68. The maximum atomic E-state index is 11.4. The van der Waals surface area contributed by atoms with E-state index in [0.717, 1.165) is 5.75 Å². The summed E-state index contributed by atoms with van der Waals surface area (Å²) in [5.74, 6) is 1.12. The molecule has 0 radical (unpaired) electrons. The summed E-state index contributed by atoms with van der Waals surface area (Å²) in [7, 11) is 1.41. The molecule has 0 aliphatic carbocycles. The van der Waals surface area contributed by atoms with Gasteiger partial charge in [0.15, 0.2) is 0 Å². The van der Waals surface area contributed by atoms with Crippen LogP contribution in [0.15, 0.2) is 24.3 Å². The Morgan fingerprint density at radius 2 is 2.21 bits per heavy atom. The fourth-order valence-electron chi connectivity index (χ4n) is 2.25. The molecule has 104 valence electrons. The number of hydrogen-bond acceptors (Lipinski definition) is 4. The molecule has 0 spiro atoms. The molecule has 0 bridgehead atoms. The molecular weight excluding hydrogens is 242 g/mol. The lowest BCUT2D eigenvalue weighted by Gasteiger charge is -2.14. The van der Waals surface area contributed by atoms with E-state index in [1.54, 1.807) is 0 Å². The van der Waals surface area contributed by atoms with Crippen LogP contribution in [-0.4, -0.2) is 31.8 Å². The van der Waals surface area contributed by atoms with Gasteiger partial charge in [-0.05, 0) is 23.6 Å². The molecule has 4 nitrogen and oxygen atoms in total. The van der Waals surface area contributed by atoms with Crippen molar-refractivity contribution < 1.29 is 14.3 Å². The van der Waals surface area contributed by atoms with Crippen molar-refractivity contribution in [3.8, 4) is 5.75 Å². The molecule has 0 amide bonds. The number of hydrogen-bond donors (Lipinski definition) is 1. The zero-order valence-electron chi connectivity index (χ0n) is 11.7. The van der Waals surface area contributed by atoms with Crippen LogP contribution in [-0.2, 0) is 9.53 Å². The lowest BCUT2D eigenvalue weighted by molar-refractivity contribution is -0.142. The first-order valence-electron chi connectivity index (χ1n) is 6.68. The Kier molecular flexibility index (Phi) is 4.43. The molecule has 0 saturated carbocycles. The van der Waals surface area contributed by atoms with Gasteiger partial charge in [0.1, 0.15) is 17.9 Å².